The summed E-state index contributed by atoms with van der Waals surface area (Å²) in [5.41, 5.74) is -0.730. The van der Waals surface area contributed by atoms with E-state index in [-0.39, 0.29) is 25.1 Å². The van der Waals surface area contributed by atoms with Crippen molar-refractivity contribution in [2.75, 3.05) is 18.7 Å². The Bertz CT molecular complexity index is 341. The average molecular weight is 322 g/mol. The molecule has 0 bridgehead atoms. The lowest BCUT2D eigenvalue weighted by Crippen LogP contribution is -2.18. The van der Waals surface area contributed by atoms with Crippen LogP contribution in [-0.2, 0) is 22.7 Å². The van der Waals surface area contributed by atoms with Gasteiger partial charge in [-0.15, -0.1) is 0 Å². The Kier molecular flexibility index (Phi) is 7.66. The summed E-state index contributed by atoms with van der Waals surface area (Å²) in [6, 6.07) is 0. The van der Waals surface area contributed by atoms with Crippen LogP contribution in [0.1, 0.15) is 27.2 Å². The zero-order valence-electron chi connectivity index (χ0n) is 10.6. The molecule has 0 amide bonds. The standard InChI is InChI=1S/C8H20O7P2S/c1-8(2,3)15-16(9,10)6-4-5-13-17(11,12)14-7-18/h18H,4-7H2,1-3H3,(H,9,10)(H,11,12). The van der Waals surface area contributed by atoms with Gasteiger partial charge in [0.2, 0.25) is 0 Å². The summed E-state index contributed by atoms with van der Waals surface area (Å²) in [6.45, 7) is 4.80. The van der Waals surface area contributed by atoms with Crippen molar-refractivity contribution in [1.82, 2.24) is 0 Å². The van der Waals surface area contributed by atoms with Gasteiger partial charge in [0.15, 0.2) is 0 Å². The topological polar surface area (TPSA) is 102 Å². The molecule has 110 valence electrons. The number of hydrogen-bond acceptors (Lipinski definition) is 6. The molecule has 0 aliphatic rings. The summed E-state index contributed by atoms with van der Waals surface area (Å²) in [7, 11) is -7.82. The van der Waals surface area contributed by atoms with Gasteiger partial charge in [-0.1, -0.05) is 0 Å². The molecule has 18 heavy (non-hydrogen) atoms. The van der Waals surface area contributed by atoms with Crippen LogP contribution >= 0.6 is 28.0 Å². The van der Waals surface area contributed by atoms with Gasteiger partial charge in [0, 0.05) is 0 Å². The summed E-state index contributed by atoms with van der Waals surface area (Å²) in [5, 5.41) is 0. The first-order chi connectivity index (χ1) is 7.97. The predicted molar refractivity (Wildman–Crippen MR) is 70.9 cm³/mol. The maximum absolute atomic E-state index is 11.6. The smallest absolute Gasteiger partial charge is 0.324 e. The van der Waals surface area contributed by atoms with Gasteiger partial charge in [-0.3, -0.25) is 13.6 Å². The first-order valence-corrected chi connectivity index (χ1v) is 9.12. The van der Waals surface area contributed by atoms with Gasteiger partial charge in [0.05, 0.1) is 18.4 Å². The van der Waals surface area contributed by atoms with Gasteiger partial charge in [-0.2, -0.15) is 12.6 Å². The molecular formula is C8H20O7P2S. The minimum Gasteiger partial charge on any atom is -0.324 e. The number of phosphoric ester groups is 1. The van der Waals surface area contributed by atoms with Gasteiger partial charge >= 0.3 is 15.4 Å². The Morgan fingerprint density at radius 1 is 1.17 bits per heavy atom. The zero-order valence-corrected chi connectivity index (χ0v) is 13.3. The second-order valence-corrected chi connectivity index (χ2v) is 8.09. The monoisotopic (exact) mass is 322 g/mol. The van der Waals surface area contributed by atoms with Crippen molar-refractivity contribution in [2.24, 2.45) is 0 Å². The largest absolute Gasteiger partial charge is 0.472 e. The van der Waals surface area contributed by atoms with Crippen molar-refractivity contribution in [3.8, 4) is 0 Å². The first-order valence-electron chi connectivity index (χ1n) is 5.23. The maximum atomic E-state index is 11.6. The minimum atomic E-state index is -4.10. The highest BCUT2D eigenvalue weighted by Crippen LogP contribution is 2.47. The van der Waals surface area contributed by atoms with E-state index >= 15 is 0 Å². The molecular weight excluding hydrogens is 302 g/mol. The van der Waals surface area contributed by atoms with Crippen molar-refractivity contribution in [3.05, 3.63) is 0 Å². The van der Waals surface area contributed by atoms with Crippen LogP contribution in [0.5, 0.6) is 0 Å². The van der Waals surface area contributed by atoms with E-state index in [2.05, 4.69) is 21.7 Å². The molecule has 0 rings (SSSR count). The molecule has 7 nitrogen and oxygen atoms in total. The van der Waals surface area contributed by atoms with Crippen molar-refractivity contribution in [1.29, 1.82) is 0 Å². The van der Waals surface area contributed by atoms with Gasteiger partial charge in [-0.05, 0) is 27.2 Å². The zero-order chi connectivity index (χ0) is 14.4. The van der Waals surface area contributed by atoms with Crippen LogP contribution in [0.3, 0.4) is 0 Å². The molecule has 10 heteroatoms. The van der Waals surface area contributed by atoms with Gasteiger partial charge in [0.1, 0.15) is 5.94 Å². The third-order valence-electron chi connectivity index (χ3n) is 1.48. The Labute approximate surface area is 112 Å². The van der Waals surface area contributed by atoms with Crippen LogP contribution in [0.25, 0.3) is 0 Å². The summed E-state index contributed by atoms with van der Waals surface area (Å²) in [5.74, 6) is -0.251. The molecule has 0 heterocycles. The molecule has 0 aliphatic heterocycles. The molecule has 0 aromatic carbocycles. The van der Waals surface area contributed by atoms with Gasteiger partial charge in [-0.25, -0.2) is 4.57 Å². The number of phosphoric acid groups is 1. The Hall–Kier alpha value is 0.610. The lowest BCUT2D eigenvalue weighted by molar-refractivity contribution is 0.109. The molecule has 2 unspecified atom stereocenters. The second kappa shape index (κ2) is 7.41. The van der Waals surface area contributed by atoms with E-state index < -0.39 is 21.0 Å². The molecule has 0 fully saturated rings. The summed E-state index contributed by atoms with van der Waals surface area (Å²) in [6.07, 6.45) is -0.0600. The molecule has 0 aliphatic carbocycles. The van der Waals surface area contributed by atoms with E-state index in [1.165, 1.54) is 0 Å². The highest BCUT2D eigenvalue weighted by atomic mass is 32.1. The van der Waals surface area contributed by atoms with E-state index in [1.54, 1.807) is 20.8 Å². The Morgan fingerprint density at radius 3 is 2.17 bits per heavy atom. The molecule has 0 spiro atoms. The van der Waals surface area contributed by atoms with E-state index in [0.717, 1.165) is 0 Å². The quantitative estimate of drug-likeness (QED) is 0.273. The van der Waals surface area contributed by atoms with Crippen molar-refractivity contribution >= 4 is 28.0 Å². The van der Waals surface area contributed by atoms with Crippen LogP contribution in [-0.4, -0.2) is 34.1 Å². The number of rotatable bonds is 8. The lowest BCUT2D eigenvalue weighted by Gasteiger charge is -2.23. The van der Waals surface area contributed by atoms with Crippen LogP contribution < -0.4 is 0 Å². The highest BCUT2D eigenvalue weighted by molar-refractivity contribution is 7.80. The first kappa shape index (κ1) is 18.6. The number of thiol groups is 1. The maximum Gasteiger partial charge on any atom is 0.472 e. The Balaban J connectivity index is 3.98. The van der Waals surface area contributed by atoms with Gasteiger partial charge in [0.25, 0.3) is 0 Å². The summed E-state index contributed by atoms with van der Waals surface area (Å²) < 4.78 is 36.5. The summed E-state index contributed by atoms with van der Waals surface area (Å²) >= 11 is 3.61. The highest BCUT2D eigenvalue weighted by Gasteiger charge is 2.27. The van der Waals surface area contributed by atoms with Crippen LogP contribution in [0, 0.1) is 0 Å². The Morgan fingerprint density at radius 2 is 1.72 bits per heavy atom. The lowest BCUT2D eigenvalue weighted by atomic mass is 10.2. The SMILES string of the molecule is CC(C)(C)OP(=O)(O)CCCOP(=O)(O)OCS. The molecule has 2 atom stereocenters. The fourth-order valence-corrected chi connectivity index (χ4v) is 3.52. The van der Waals surface area contributed by atoms with E-state index in [4.69, 9.17) is 9.42 Å². The molecule has 0 saturated carbocycles. The van der Waals surface area contributed by atoms with Crippen LogP contribution in [0.2, 0.25) is 0 Å². The normalized spacial score (nSPS) is 19.2. The van der Waals surface area contributed by atoms with E-state index in [0.29, 0.717) is 0 Å². The molecule has 0 saturated heterocycles. The number of hydrogen-bond donors (Lipinski definition) is 3. The average Bonchev–Trinajstić information content (AvgIpc) is 2.08. The molecule has 0 radical (unpaired) electrons. The fraction of sp³-hybridized carbons (Fsp3) is 1.00. The second-order valence-electron chi connectivity index (χ2n) is 4.48. The molecule has 0 aromatic rings. The third-order valence-corrected chi connectivity index (χ3v) is 4.49. The van der Waals surface area contributed by atoms with Crippen molar-refractivity contribution < 1.29 is 32.5 Å². The van der Waals surface area contributed by atoms with Crippen LogP contribution in [0.4, 0.5) is 0 Å². The van der Waals surface area contributed by atoms with E-state index in [9.17, 15) is 14.0 Å². The predicted octanol–water partition coefficient (Wildman–Crippen LogP) is 2.40. The van der Waals surface area contributed by atoms with Gasteiger partial charge < -0.3 is 14.3 Å². The minimum absolute atomic E-state index is 0.102. The van der Waals surface area contributed by atoms with Crippen molar-refractivity contribution in [2.45, 2.75) is 32.8 Å². The fourth-order valence-electron chi connectivity index (χ4n) is 1.03. The van der Waals surface area contributed by atoms with Crippen LogP contribution in [0.15, 0.2) is 0 Å². The third kappa shape index (κ3) is 10.5. The van der Waals surface area contributed by atoms with E-state index in [1.807, 2.05) is 0 Å². The molecule has 0 aromatic heterocycles. The van der Waals surface area contributed by atoms with Crippen molar-refractivity contribution in [3.63, 3.8) is 0 Å². The molecule has 2 N–H and O–H groups in total. The summed E-state index contributed by atoms with van der Waals surface area (Å²) in [4.78, 5) is 18.5.